The summed E-state index contributed by atoms with van der Waals surface area (Å²) in [4.78, 5) is 10.4. The molecular weight excluding hydrogens is 226 g/mol. The van der Waals surface area contributed by atoms with Gasteiger partial charge in [-0.3, -0.25) is 0 Å². The molecule has 0 aromatic heterocycles. The minimum atomic E-state index is -0.681. The van der Waals surface area contributed by atoms with E-state index in [-0.39, 0.29) is 0 Å². The van der Waals surface area contributed by atoms with E-state index < -0.39 is 6.03 Å². The first-order valence-electron chi connectivity index (χ1n) is 4.61. The van der Waals surface area contributed by atoms with Crippen LogP contribution in [0.15, 0.2) is 35.4 Å². The highest BCUT2D eigenvalue weighted by atomic mass is 35.5. The highest BCUT2D eigenvalue weighted by molar-refractivity contribution is 6.30. The molecular formula is C11H12ClN3O. The molecule has 0 aliphatic heterocycles. The SMILES string of the molecule is CC(/C=C/c1ccc(Cl)cc1)=N/NC(N)=O. The van der Waals surface area contributed by atoms with Crippen molar-refractivity contribution in [3.63, 3.8) is 0 Å². The second-order valence-electron chi connectivity index (χ2n) is 3.11. The summed E-state index contributed by atoms with van der Waals surface area (Å²) in [6, 6.07) is 6.69. The van der Waals surface area contributed by atoms with Gasteiger partial charge in [0, 0.05) is 5.02 Å². The standard InChI is InChI=1S/C11H12ClN3O/c1-8(14-15-11(13)16)2-3-9-4-6-10(12)7-5-9/h2-7H,1H3,(H3,13,15,16)/b3-2+,14-8-. The lowest BCUT2D eigenvalue weighted by Gasteiger charge is -1.95. The maximum atomic E-state index is 10.4. The van der Waals surface area contributed by atoms with Crippen LogP contribution in [-0.4, -0.2) is 11.7 Å². The zero-order valence-corrected chi connectivity index (χ0v) is 9.53. The van der Waals surface area contributed by atoms with Gasteiger partial charge in [-0.05, 0) is 30.7 Å². The summed E-state index contributed by atoms with van der Waals surface area (Å²) in [5, 5.41) is 4.43. The molecule has 0 aliphatic rings. The van der Waals surface area contributed by atoms with Gasteiger partial charge in [0.2, 0.25) is 0 Å². The Morgan fingerprint density at radius 2 is 2.06 bits per heavy atom. The van der Waals surface area contributed by atoms with E-state index in [2.05, 4.69) is 10.5 Å². The molecule has 1 aromatic rings. The van der Waals surface area contributed by atoms with Gasteiger partial charge in [-0.2, -0.15) is 5.10 Å². The molecule has 0 bridgehead atoms. The molecule has 0 heterocycles. The quantitative estimate of drug-likeness (QED) is 0.615. The van der Waals surface area contributed by atoms with E-state index in [9.17, 15) is 4.79 Å². The largest absolute Gasteiger partial charge is 0.350 e. The number of amides is 2. The van der Waals surface area contributed by atoms with Gasteiger partial charge >= 0.3 is 6.03 Å². The molecule has 2 amide bonds. The Morgan fingerprint density at radius 1 is 1.44 bits per heavy atom. The van der Waals surface area contributed by atoms with Crippen LogP contribution in [0, 0.1) is 0 Å². The van der Waals surface area contributed by atoms with Crippen LogP contribution in [0.1, 0.15) is 12.5 Å². The zero-order chi connectivity index (χ0) is 12.0. The smallest absolute Gasteiger partial charge is 0.332 e. The maximum Gasteiger partial charge on any atom is 0.332 e. The Morgan fingerprint density at radius 3 is 2.62 bits per heavy atom. The van der Waals surface area contributed by atoms with Crippen LogP contribution in [0.3, 0.4) is 0 Å². The van der Waals surface area contributed by atoms with Gasteiger partial charge in [0.15, 0.2) is 0 Å². The lowest BCUT2D eigenvalue weighted by molar-refractivity contribution is 0.249. The van der Waals surface area contributed by atoms with Crippen LogP contribution in [0.4, 0.5) is 4.79 Å². The predicted octanol–water partition coefficient (Wildman–Crippen LogP) is 2.40. The minimum Gasteiger partial charge on any atom is -0.350 e. The maximum absolute atomic E-state index is 10.4. The molecule has 0 saturated heterocycles. The molecule has 1 rings (SSSR count). The molecule has 84 valence electrons. The summed E-state index contributed by atoms with van der Waals surface area (Å²) in [6.07, 6.45) is 3.62. The predicted molar refractivity (Wildman–Crippen MR) is 66.3 cm³/mol. The lowest BCUT2D eigenvalue weighted by atomic mass is 10.2. The van der Waals surface area contributed by atoms with E-state index in [1.165, 1.54) is 0 Å². The Balaban J connectivity index is 2.62. The van der Waals surface area contributed by atoms with Crippen molar-refractivity contribution in [2.75, 3.05) is 0 Å². The molecule has 4 nitrogen and oxygen atoms in total. The molecule has 3 N–H and O–H groups in total. The Kier molecular flexibility index (Phi) is 4.54. The van der Waals surface area contributed by atoms with Crippen molar-refractivity contribution in [1.29, 1.82) is 0 Å². The number of nitrogens with zero attached hydrogens (tertiary/aromatic N) is 1. The number of nitrogens with two attached hydrogens (primary N) is 1. The zero-order valence-electron chi connectivity index (χ0n) is 8.77. The van der Waals surface area contributed by atoms with Gasteiger partial charge in [-0.25, -0.2) is 10.2 Å². The fourth-order valence-electron chi connectivity index (χ4n) is 0.971. The molecule has 16 heavy (non-hydrogen) atoms. The number of carbonyl (C=O) groups is 1. The number of urea groups is 1. The third kappa shape index (κ3) is 4.61. The minimum absolute atomic E-state index is 0.647. The number of halogens is 1. The number of nitrogens with one attached hydrogen (secondary N) is 1. The summed E-state index contributed by atoms with van der Waals surface area (Å²) in [7, 11) is 0. The van der Waals surface area contributed by atoms with Crippen LogP contribution in [0.5, 0.6) is 0 Å². The van der Waals surface area contributed by atoms with E-state index >= 15 is 0 Å². The van der Waals surface area contributed by atoms with Crippen molar-refractivity contribution in [1.82, 2.24) is 5.43 Å². The van der Waals surface area contributed by atoms with Gasteiger partial charge in [0.05, 0.1) is 5.71 Å². The topological polar surface area (TPSA) is 67.5 Å². The number of primary amides is 1. The van der Waals surface area contributed by atoms with Crippen LogP contribution in [0.2, 0.25) is 5.02 Å². The molecule has 0 radical (unpaired) electrons. The highest BCUT2D eigenvalue weighted by Crippen LogP contribution is 2.10. The molecule has 0 atom stereocenters. The van der Waals surface area contributed by atoms with Crippen LogP contribution in [0.25, 0.3) is 6.08 Å². The van der Waals surface area contributed by atoms with E-state index in [0.29, 0.717) is 10.7 Å². The van der Waals surface area contributed by atoms with Crippen LogP contribution in [-0.2, 0) is 0 Å². The summed E-state index contributed by atoms with van der Waals surface area (Å²) in [5.74, 6) is 0. The molecule has 0 aliphatic carbocycles. The molecule has 0 unspecified atom stereocenters. The van der Waals surface area contributed by atoms with Gasteiger partial charge < -0.3 is 5.73 Å². The Hall–Kier alpha value is -1.81. The molecule has 5 heteroatoms. The number of hydrazone groups is 1. The fourth-order valence-corrected chi connectivity index (χ4v) is 1.10. The summed E-state index contributed by atoms with van der Waals surface area (Å²) in [6.45, 7) is 1.75. The number of rotatable bonds is 3. The van der Waals surface area contributed by atoms with Crippen LogP contribution < -0.4 is 11.2 Å². The molecule has 0 spiro atoms. The van der Waals surface area contributed by atoms with E-state index in [1.54, 1.807) is 25.1 Å². The Bertz CT molecular complexity index is 423. The second kappa shape index (κ2) is 5.92. The van der Waals surface area contributed by atoms with Gasteiger partial charge in [-0.15, -0.1) is 0 Å². The summed E-state index contributed by atoms with van der Waals surface area (Å²) >= 11 is 5.75. The van der Waals surface area contributed by atoms with E-state index in [1.807, 2.05) is 18.2 Å². The monoisotopic (exact) mass is 237 g/mol. The second-order valence-corrected chi connectivity index (χ2v) is 3.55. The molecule has 1 aromatic carbocycles. The van der Waals surface area contributed by atoms with E-state index in [0.717, 1.165) is 5.56 Å². The number of benzene rings is 1. The average molecular weight is 238 g/mol. The van der Waals surface area contributed by atoms with Crippen molar-refractivity contribution in [3.8, 4) is 0 Å². The Labute approximate surface area is 98.8 Å². The van der Waals surface area contributed by atoms with Gasteiger partial charge in [0.1, 0.15) is 0 Å². The van der Waals surface area contributed by atoms with Gasteiger partial charge in [-0.1, -0.05) is 29.8 Å². The number of carbonyl (C=O) groups excluding carboxylic acids is 1. The number of hydrogen-bond acceptors (Lipinski definition) is 2. The van der Waals surface area contributed by atoms with Crippen molar-refractivity contribution in [3.05, 3.63) is 40.9 Å². The lowest BCUT2D eigenvalue weighted by Crippen LogP contribution is -2.25. The summed E-state index contributed by atoms with van der Waals surface area (Å²) in [5.41, 5.74) is 8.66. The molecule has 0 saturated carbocycles. The first-order valence-corrected chi connectivity index (χ1v) is 4.99. The third-order valence-electron chi connectivity index (χ3n) is 1.73. The van der Waals surface area contributed by atoms with Gasteiger partial charge in [0.25, 0.3) is 0 Å². The molecule has 0 fully saturated rings. The van der Waals surface area contributed by atoms with Crippen molar-refractivity contribution in [2.45, 2.75) is 6.92 Å². The fraction of sp³-hybridized carbons (Fsp3) is 0.0909. The normalized spacial score (nSPS) is 11.8. The highest BCUT2D eigenvalue weighted by Gasteiger charge is 1.90. The van der Waals surface area contributed by atoms with Crippen molar-refractivity contribution >= 4 is 29.4 Å². The third-order valence-corrected chi connectivity index (χ3v) is 1.98. The first-order chi connectivity index (χ1) is 7.58. The van der Waals surface area contributed by atoms with Crippen LogP contribution >= 0.6 is 11.6 Å². The summed E-state index contributed by atoms with van der Waals surface area (Å²) < 4.78 is 0. The van der Waals surface area contributed by atoms with Crippen molar-refractivity contribution in [2.24, 2.45) is 10.8 Å². The van der Waals surface area contributed by atoms with Crippen molar-refractivity contribution < 1.29 is 4.79 Å². The van der Waals surface area contributed by atoms with E-state index in [4.69, 9.17) is 17.3 Å². The first kappa shape index (κ1) is 12.3. The average Bonchev–Trinajstić information content (AvgIpc) is 2.25. The number of hydrogen-bond donors (Lipinski definition) is 2. The number of allylic oxidation sites excluding steroid dienone is 1.